The number of benzene rings is 2. The Morgan fingerprint density at radius 2 is 1.71 bits per heavy atom. The Bertz CT molecular complexity index is 1480. The monoisotopic (exact) mass is 489 g/mol. The summed E-state index contributed by atoms with van der Waals surface area (Å²) in [5.41, 5.74) is 3.96. The number of aromatic nitrogens is 3. The van der Waals surface area contributed by atoms with Gasteiger partial charge in [0.15, 0.2) is 5.84 Å². The second-order valence-corrected chi connectivity index (χ2v) is 9.83. The second-order valence-electron chi connectivity index (χ2n) is 7.90. The molecular formula is C25H23N5O4S. The standard InChI is InChI=1S/C25H23N5O4S/c1-29-24(27-22-4-2-3-5-23(22)35(29,32)33)17-34-20-8-6-19(7-9-20)25-21(16-30(28-25)14-15-31)18-10-12-26-13-11-18/h2-13,16,31H,14-15,17H2,1H3. The number of sulfonamides is 1. The van der Waals surface area contributed by atoms with E-state index in [-0.39, 0.29) is 18.1 Å². The highest BCUT2D eigenvalue weighted by Gasteiger charge is 2.31. The molecule has 3 heterocycles. The van der Waals surface area contributed by atoms with Gasteiger partial charge in [-0.2, -0.15) is 5.10 Å². The van der Waals surface area contributed by atoms with Gasteiger partial charge in [-0.25, -0.2) is 13.4 Å². The molecular weight excluding hydrogens is 466 g/mol. The maximum Gasteiger partial charge on any atom is 0.267 e. The van der Waals surface area contributed by atoms with E-state index in [1.54, 1.807) is 41.3 Å². The van der Waals surface area contributed by atoms with Gasteiger partial charge in [0.1, 0.15) is 22.9 Å². The number of fused-ring (bicyclic) bond motifs is 1. The van der Waals surface area contributed by atoms with Crippen LogP contribution in [0.3, 0.4) is 0 Å². The summed E-state index contributed by atoms with van der Waals surface area (Å²) in [5, 5.41) is 14.0. The maximum absolute atomic E-state index is 12.8. The van der Waals surface area contributed by atoms with Gasteiger partial charge in [0.2, 0.25) is 0 Å². The number of rotatable bonds is 7. The third kappa shape index (κ3) is 4.41. The average molecular weight is 490 g/mol. The molecule has 0 radical (unpaired) electrons. The lowest BCUT2D eigenvalue weighted by Gasteiger charge is -2.26. The van der Waals surface area contributed by atoms with Crippen LogP contribution in [0.4, 0.5) is 5.69 Å². The summed E-state index contributed by atoms with van der Waals surface area (Å²) in [7, 11) is -2.19. The predicted molar refractivity (Wildman–Crippen MR) is 132 cm³/mol. The van der Waals surface area contributed by atoms with Gasteiger partial charge in [0.05, 0.1) is 18.8 Å². The Morgan fingerprint density at radius 1 is 0.971 bits per heavy atom. The third-order valence-corrected chi connectivity index (χ3v) is 7.53. The van der Waals surface area contributed by atoms with Crippen LogP contribution in [0.1, 0.15) is 0 Å². The van der Waals surface area contributed by atoms with Gasteiger partial charge in [-0.15, -0.1) is 0 Å². The van der Waals surface area contributed by atoms with E-state index in [2.05, 4.69) is 15.1 Å². The molecule has 0 amide bonds. The molecule has 0 bridgehead atoms. The highest BCUT2D eigenvalue weighted by Crippen LogP contribution is 2.33. The quantitative estimate of drug-likeness (QED) is 0.426. The predicted octanol–water partition coefficient (Wildman–Crippen LogP) is 3.35. The summed E-state index contributed by atoms with van der Waals surface area (Å²) < 4.78 is 34.3. The zero-order valence-corrected chi connectivity index (χ0v) is 19.8. The lowest BCUT2D eigenvalue weighted by Crippen LogP contribution is -2.38. The van der Waals surface area contributed by atoms with Crippen LogP contribution in [-0.2, 0) is 16.6 Å². The number of aliphatic imine (C=N–C) groups is 1. The molecule has 35 heavy (non-hydrogen) atoms. The third-order valence-electron chi connectivity index (χ3n) is 5.69. The van der Waals surface area contributed by atoms with E-state index in [1.165, 1.54) is 7.05 Å². The van der Waals surface area contributed by atoms with Crippen molar-refractivity contribution in [1.82, 2.24) is 19.1 Å². The first-order chi connectivity index (χ1) is 17.0. The highest BCUT2D eigenvalue weighted by atomic mass is 32.2. The zero-order chi connectivity index (χ0) is 24.4. The smallest absolute Gasteiger partial charge is 0.267 e. The van der Waals surface area contributed by atoms with Crippen LogP contribution in [0.15, 0.2) is 89.1 Å². The maximum atomic E-state index is 12.8. The first-order valence-electron chi connectivity index (χ1n) is 10.9. The average Bonchev–Trinajstić information content (AvgIpc) is 3.30. The van der Waals surface area contributed by atoms with Crippen LogP contribution in [0.2, 0.25) is 0 Å². The number of likely N-dealkylation sites (N-methyl/N-ethyl adjacent to an activating group) is 1. The van der Waals surface area contributed by atoms with Crippen LogP contribution in [0.25, 0.3) is 22.4 Å². The normalized spacial score (nSPS) is 14.3. The Kier molecular flexibility index (Phi) is 6.06. The number of aliphatic hydroxyl groups is 1. The summed E-state index contributed by atoms with van der Waals surface area (Å²) in [4.78, 5) is 8.73. The van der Waals surface area contributed by atoms with Crippen LogP contribution < -0.4 is 4.74 Å². The lowest BCUT2D eigenvalue weighted by atomic mass is 10.0. The van der Waals surface area contributed by atoms with Gasteiger partial charge in [-0.05, 0) is 54.1 Å². The Morgan fingerprint density at radius 3 is 2.46 bits per heavy atom. The van der Waals surface area contributed by atoms with E-state index in [0.29, 0.717) is 23.8 Å². The largest absolute Gasteiger partial charge is 0.486 e. The highest BCUT2D eigenvalue weighted by molar-refractivity contribution is 7.90. The summed E-state index contributed by atoms with van der Waals surface area (Å²) in [5.74, 6) is 0.872. The van der Waals surface area contributed by atoms with Crippen molar-refractivity contribution < 1.29 is 18.3 Å². The number of ether oxygens (including phenoxy) is 1. The summed E-state index contributed by atoms with van der Waals surface area (Å²) >= 11 is 0. The molecule has 0 saturated heterocycles. The molecule has 178 valence electrons. The minimum absolute atomic E-state index is 0.00317. The van der Waals surface area contributed by atoms with E-state index in [4.69, 9.17) is 4.74 Å². The van der Waals surface area contributed by atoms with Crippen LogP contribution >= 0.6 is 0 Å². The van der Waals surface area contributed by atoms with Crippen molar-refractivity contribution in [2.75, 3.05) is 20.3 Å². The van der Waals surface area contributed by atoms with Gasteiger partial charge in [-0.1, -0.05) is 12.1 Å². The molecule has 0 saturated carbocycles. The fourth-order valence-corrected chi connectivity index (χ4v) is 5.13. The summed E-state index contributed by atoms with van der Waals surface area (Å²) in [6, 6.07) is 17.9. The Balaban J connectivity index is 1.38. The molecule has 4 aromatic rings. The number of para-hydroxylation sites is 1. The Labute approximate surface area is 203 Å². The lowest BCUT2D eigenvalue weighted by molar-refractivity contribution is 0.269. The van der Waals surface area contributed by atoms with Crippen LogP contribution in [-0.4, -0.2) is 58.7 Å². The fourth-order valence-electron chi connectivity index (χ4n) is 3.84. The van der Waals surface area contributed by atoms with Gasteiger partial charge in [0.25, 0.3) is 10.0 Å². The zero-order valence-electron chi connectivity index (χ0n) is 18.9. The fraction of sp³-hybridized carbons (Fsp3) is 0.160. The van der Waals surface area contributed by atoms with Crippen molar-refractivity contribution in [2.45, 2.75) is 11.4 Å². The number of hydrogen-bond acceptors (Lipinski definition) is 7. The number of amidine groups is 1. The molecule has 0 spiro atoms. The van der Waals surface area contributed by atoms with E-state index in [9.17, 15) is 13.5 Å². The minimum atomic E-state index is -3.66. The first-order valence-corrected chi connectivity index (χ1v) is 12.4. The SMILES string of the molecule is CN1C(COc2ccc(-c3nn(CCO)cc3-c3ccncc3)cc2)=Nc2ccccc2S1(=O)=O. The summed E-state index contributed by atoms with van der Waals surface area (Å²) in [6.07, 6.45) is 5.35. The van der Waals surface area contributed by atoms with Crippen molar-refractivity contribution in [1.29, 1.82) is 0 Å². The second kappa shape index (κ2) is 9.32. The van der Waals surface area contributed by atoms with Crippen molar-refractivity contribution in [3.8, 4) is 28.1 Å². The molecule has 0 aliphatic carbocycles. The molecule has 2 aromatic heterocycles. The van der Waals surface area contributed by atoms with Crippen molar-refractivity contribution in [3.63, 3.8) is 0 Å². The van der Waals surface area contributed by atoms with Crippen molar-refractivity contribution >= 4 is 21.5 Å². The molecule has 1 N–H and O–H groups in total. The molecule has 2 aromatic carbocycles. The van der Waals surface area contributed by atoms with E-state index in [1.807, 2.05) is 42.6 Å². The molecule has 5 rings (SSSR count). The van der Waals surface area contributed by atoms with E-state index < -0.39 is 10.0 Å². The van der Waals surface area contributed by atoms with Gasteiger partial charge >= 0.3 is 0 Å². The molecule has 1 aliphatic heterocycles. The molecule has 10 heteroatoms. The first kappa shape index (κ1) is 22.8. The molecule has 1 aliphatic rings. The topological polar surface area (TPSA) is 110 Å². The van der Waals surface area contributed by atoms with E-state index >= 15 is 0 Å². The van der Waals surface area contributed by atoms with Crippen LogP contribution in [0, 0.1) is 0 Å². The number of aliphatic hydroxyl groups excluding tert-OH is 1. The molecule has 0 fully saturated rings. The summed E-state index contributed by atoms with van der Waals surface area (Å²) in [6.45, 7) is 0.375. The minimum Gasteiger partial charge on any atom is -0.486 e. The number of nitrogens with zero attached hydrogens (tertiary/aromatic N) is 5. The van der Waals surface area contributed by atoms with Crippen molar-refractivity contribution in [2.24, 2.45) is 4.99 Å². The number of hydrogen-bond donors (Lipinski definition) is 1. The van der Waals surface area contributed by atoms with E-state index in [0.717, 1.165) is 26.7 Å². The number of pyridine rings is 1. The molecule has 0 unspecified atom stereocenters. The molecule has 9 nitrogen and oxygen atoms in total. The Hall–Kier alpha value is -4.02. The van der Waals surface area contributed by atoms with Crippen molar-refractivity contribution in [3.05, 3.63) is 79.3 Å². The molecule has 0 atom stereocenters. The van der Waals surface area contributed by atoms with Gasteiger partial charge < -0.3 is 9.84 Å². The van der Waals surface area contributed by atoms with Gasteiger partial charge in [-0.3, -0.25) is 14.0 Å². The van der Waals surface area contributed by atoms with Crippen LogP contribution in [0.5, 0.6) is 5.75 Å². The van der Waals surface area contributed by atoms with Gasteiger partial charge in [0, 0.05) is 36.8 Å².